The van der Waals surface area contributed by atoms with E-state index in [0.29, 0.717) is 12.8 Å². The summed E-state index contributed by atoms with van der Waals surface area (Å²) >= 11 is 0. The van der Waals surface area contributed by atoms with Crippen molar-refractivity contribution in [2.75, 3.05) is 6.54 Å². The number of benzene rings is 4. The molecule has 15 heteroatoms. The van der Waals surface area contributed by atoms with Crippen LogP contribution in [-0.4, -0.2) is 89.8 Å². The quantitative estimate of drug-likeness (QED) is 0.117. The molecule has 0 aromatic heterocycles. The normalized spacial score (nSPS) is 24.7. The highest BCUT2D eigenvalue weighted by atomic mass is 16.7. The largest absolute Gasteiger partial charge is 0.445 e. The Morgan fingerprint density at radius 1 is 0.695 bits per heavy atom. The molecular formula is C44H48N4O11. The van der Waals surface area contributed by atoms with Crippen molar-refractivity contribution in [3.05, 3.63) is 144 Å². The van der Waals surface area contributed by atoms with E-state index in [2.05, 4.69) is 16.0 Å². The Labute approximate surface area is 341 Å². The van der Waals surface area contributed by atoms with Crippen LogP contribution in [0.5, 0.6) is 0 Å². The van der Waals surface area contributed by atoms with Crippen molar-refractivity contribution in [1.29, 1.82) is 0 Å². The van der Waals surface area contributed by atoms with E-state index in [1.807, 2.05) is 121 Å². The Bertz CT molecular complexity index is 1980. The zero-order valence-corrected chi connectivity index (χ0v) is 32.3. The molecule has 0 radical (unpaired) electrons. The predicted octanol–water partition coefficient (Wildman–Crippen LogP) is 5.55. The molecule has 2 saturated heterocycles. The molecule has 59 heavy (non-hydrogen) atoms. The molecule has 2 aliphatic heterocycles. The van der Waals surface area contributed by atoms with E-state index in [0.717, 1.165) is 22.3 Å². The molecule has 7 rings (SSSR count). The van der Waals surface area contributed by atoms with Crippen LogP contribution in [0.25, 0.3) is 0 Å². The van der Waals surface area contributed by atoms with Gasteiger partial charge >= 0.3 is 24.4 Å². The molecule has 4 aromatic rings. The minimum atomic E-state index is -1.43. The number of aliphatic hydroxyl groups is 1. The van der Waals surface area contributed by atoms with Crippen LogP contribution in [0.15, 0.2) is 121 Å². The lowest BCUT2D eigenvalue weighted by Gasteiger charge is -2.44. The highest BCUT2D eigenvalue weighted by molar-refractivity contribution is 5.71. The van der Waals surface area contributed by atoms with Crippen LogP contribution in [0.1, 0.15) is 41.5 Å². The van der Waals surface area contributed by atoms with Crippen LogP contribution in [-0.2, 0) is 54.8 Å². The van der Waals surface area contributed by atoms with Crippen molar-refractivity contribution in [3.63, 3.8) is 0 Å². The first kappa shape index (κ1) is 41.0. The van der Waals surface area contributed by atoms with E-state index in [4.69, 9.17) is 28.4 Å². The maximum absolute atomic E-state index is 13.7. The van der Waals surface area contributed by atoms with Crippen LogP contribution in [0.2, 0.25) is 0 Å². The van der Waals surface area contributed by atoms with Crippen LogP contribution in [0.3, 0.4) is 0 Å². The Balaban J connectivity index is 1.09. The molecule has 310 valence electrons. The molecule has 0 bridgehead atoms. The molecule has 1 saturated carbocycles. The molecule has 4 aromatic carbocycles. The van der Waals surface area contributed by atoms with Gasteiger partial charge in [-0.25, -0.2) is 19.2 Å². The number of rotatable bonds is 14. The molecule has 8 atom stereocenters. The molecule has 2 heterocycles. The van der Waals surface area contributed by atoms with Gasteiger partial charge in [-0.1, -0.05) is 121 Å². The fourth-order valence-electron chi connectivity index (χ4n) is 7.43. The number of hydrogen-bond donors (Lipinski definition) is 4. The average molecular weight is 809 g/mol. The lowest BCUT2D eigenvalue weighted by molar-refractivity contribution is -0.257. The van der Waals surface area contributed by atoms with Crippen molar-refractivity contribution in [3.8, 4) is 0 Å². The van der Waals surface area contributed by atoms with E-state index < -0.39 is 73.2 Å². The smallest absolute Gasteiger partial charge is 0.410 e. The Kier molecular flexibility index (Phi) is 13.9. The first-order chi connectivity index (χ1) is 28.8. The monoisotopic (exact) mass is 808 g/mol. The first-order valence-electron chi connectivity index (χ1n) is 19.7. The molecule has 4 N–H and O–H groups in total. The van der Waals surface area contributed by atoms with Gasteiger partial charge in [0.1, 0.15) is 32.0 Å². The third kappa shape index (κ3) is 11.5. The summed E-state index contributed by atoms with van der Waals surface area (Å²) in [5.74, 6) is 0. The zero-order chi connectivity index (χ0) is 41.0. The van der Waals surface area contributed by atoms with Crippen molar-refractivity contribution in [1.82, 2.24) is 20.9 Å². The summed E-state index contributed by atoms with van der Waals surface area (Å²) in [5, 5.41) is 20.0. The molecule has 0 spiro atoms. The number of carbonyl (C=O) groups excluding carboxylic acids is 4. The summed E-state index contributed by atoms with van der Waals surface area (Å²) in [6.07, 6.45) is -7.35. The van der Waals surface area contributed by atoms with Crippen LogP contribution in [0.4, 0.5) is 19.2 Å². The molecule has 4 amide bonds. The van der Waals surface area contributed by atoms with Gasteiger partial charge in [0, 0.05) is 6.54 Å². The number of fused-ring (bicyclic) bond motifs is 1. The highest BCUT2D eigenvalue weighted by Crippen LogP contribution is 2.32. The fraction of sp³-hybridized carbons (Fsp3) is 0.364. The van der Waals surface area contributed by atoms with Crippen LogP contribution in [0, 0.1) is 0 Å². The second-order valence-corrected chi connectivity index (χ2v) is 14.7. The number of nitrogens with one attached hydrogen (secondary N) is 3. The Hall–Kier alpha value is -6.16. The van der Waals surface area contributed by atoms with Gasteiger partial charge < -0.3 is 54.4 Å². The van der Waals surface area contributed by atoms with Crippen molar-refractivity contribution >= 4 is 24.4 Å². The van der Waals surface area contributed by atoms with Gasteiger partial charge in [-0.3, -0.25) is 0 Å². The maximum atomic E-state index is 13.7. The summed E-state index contributed by atoms with van der Waals surface area (Å²) in [6, 6.07) is 34.9. The summed E-state index contributed by atoms with van der Waals surface area (Å²) in [4.78, 5) is 53.9. The van der Waals surface area contributed by atoms with E-state index in [9.17, 15) is 24.3 Å². The highest BCUT2D eigenvalue weighted by Gasteiger charge is 2.53. The Morgan fingerprint density at radius 2 is 1.20 bits per heavy atom. The number of carbonyl (C=O) groups is 4. The number of alkyl carbamates (subject to hydrolysis) is 3. The minimum absolute atomic E-state index is 0.00284. The van der Waals surface area contributed by atoms with Gasteiger partial charge in [0.2, 0.25) is 0 Å². The predicted molar refractivity (Wildman–Crippen MR) is 211 cm³/mol. The SMILES string of the molecule is O=C(N[C@H]1C[C@H]2NC(=O)O[C@@H]2[C@@H](O)[C@@H]1O[C@H]1O[C@H](CN(Cc2ccccc2)C(=O)OCc2ccccc2)CC[C@H]1NC(=O)OCc1ccccc1)OCc1ccccc1. The summed E-state index contributed by atoms with van der Waals surface area (Å²) < 4.78 is 35.3. The molecule has 3 fully saturated rings. The maximum Gasteiger partial charge on any atom is 0.410 e. The van der Waals surface area contributed by atoms with Crippen molar-refractivity contribution < 1.29 is 52.7 Å². The first-order valence-corrected chi connectivity index (χ1v) is 19.7. The van der Waals surface area contributed by atoms with Gasteiger partial charge in [-0.05, 0) is 41.5 Å². The summed E-state index contributed by atoms with van der Waals surface area (Å²) in [5.41, 5.74) is 3.27. The fourth-order valence-corrected chi connectivity index (χ4v) is 7.43. The molecule has 0 unspecified atom stereocenters. The second kappa shape index (κ2) is 20.0. The molecular weight excluding hydrogens is 761 g/mol. The molecule has 3 aliphatic rings. The Morgan fingerprint density at radius 3 is 1.76 bits per heavy atom. The van der Waals surface area contributed by atoms with Gasteiger partial charge in [-0.2, -0.15) is 0 Å². The summed E-state index contributed by atoms with van der Waals surface area (Å²) in [7, 11) is 0. The minimum Gasteiger partial charge on any atom is -0.445 e. The van der Waals surface area contributed by atoms with Crippen molar-refractivity contribution in [2.24, 2.45) is 0 Å². The van der Waals surface area contributed by atoms with Crippen LogP contribution >= 0.6 is 0 Å². The summed E-state index contributed by atoms with van der Waals surface area (Å²) in [6.45, 7) is 0.418. The average Bonchev–Trinajstić information content (AvgIpc) is 3.64. The number of hydrogen-bond acceptors (Lipinski definition) is 11. The molecule has 15 nitrogen and oxygen atoms in total. The third-order valence-corrected chi connectivity index (χ3v) is 10.4. The number of aliphatic hydroxyl groups excluding tert-OH is 1. The van der Waals surface area contributed by atoms with Gasteiger partial charge in [0.15, 0.2) is 12.4 Å². The van der Waals surface area contributed by atoms with Gasteiger partial charge in [-0.15, -0.1) is 0 Å². The second-order valence-electron chi connectivity index (χ2n) is 14.7. The molecule has 1 aliphatic carbocycles. The van der Waals surface area contributed by atoms with Crippen LogP contribution < -0.4 is 16.0 Å². The third-order valence-electron chi connectivity index (χ3n) is 10.4. The standard InChI is InChI=1S/C44H48N4O11/c49-37-38(35(23-36-39(37)59-43(52)47-36)46-42(51)55-27-31-17-9-3-10-18-31)58-40-34(45-41(50)54-26-30-15-7-2-8-16-30)22-21-33(57-40)25-48(24-29-13-5-1-6-14-29)44(53)56-28-32-19-11-4-12-20-32/h1-20,33-40,49H,21-28H2,(H,45,50)(H,46,51)(H,47,52)/t33-,34+,35-,36+,37-,38+,39-,40+/m0/s1. The number of amides is 4. The number of ether oxygens (including phenoxy) is 6. The van der Waals surface area contributed by atoms with Crippen molar-refractivity contribution in [2.45, 2.75) is 94.5 Å². The van der Waals surface area contributed by atoms with Gasteiger partial charge in [0.05, 0.1) is 30.8 Å². The zero-order valence-electron chi connectivity index (χ0n) is 32.3. The van der Waals surface area contributed by atoms with E-state index in [1.165, 1.54) is 0 Å². The van der Waals surface area contributed by atoms with E-state index in [-0.39, 0.29) is 39.3 Å². The van der Waals surface area contributed by atoms with E-state index in [1.54, 1.807) is 4.90 Å². The van der Waals surface area contributed by atoms with E-state index >= 15 is 0 Å². The van der Waals surface area contributed by atoms with Gasteiger partial charge in [0.25, 0.3) is 0 Å². The topological polar surface area (TPSA) is 183 Å². The lowest BCUT2D eigenvalue weighted by atomic mass is 9.84. The lowest BCUT2D eigenvalue weighted by Crippen LogP contribution is -2.64. The number of nitrogens with zero attached hydrogens (tertiary/aromatic N) is 1.